The van der Waals surface area contributed by atoms with E-state index in [0.717, 1.165) is 32.3 Å². The number of allylic oxidation sites excluding steroid dienone is 1. The van der Waals surface area contributed by atoms with Crippen LogP contribution in [0.25, 0.3) is 5.65 Å². The largest absolute Gasteiger partial charge is 0.462 e. The van der Waals surface area contributed by atoms with Crippen LogP contribution >= 0.6 is 11.6 Å². The molecular formula is C29H30ClN7O9. The molecule has 0 unspecified atom stereocenters. The number of carbonyl (C=O) groups excluding carboxylic acids is 5. The van der Waals surface area contributed by atoms with E-state index >= 15 is 0 Å². The summed E-state index contributed by atoms with van der Waals surface area (Å²) in [5, 5.41) is 19.2. The Morgan fingerprint density at radius 2 is 1.59 bits per heavy atom. The molecule has 2 aliphatic heterocycles. The Kier molecular flexibility index (Phi) is 8.77. The monoisotopic (exact) mass is 655 g/mol. The van der Waals surface area contributed by atoms with Gasteiger partial charge in [-0.1, -0.05) is 41.9 Å². The summed E-state index contributed by atoms with van der Waals surface area (Å²) in [5.74, 6) is -3.50. The zero-order valence-electron chi connectivity index (χ0n) is 25.7. The van der Waals surface area contributed by atoms with Crippen molar-refractivity contribution in [2.45, 2.75) is 71.4 Å². The van der Waals surface area contributed by atoms with E-state index in [-0.39, 0.29) is 16.5 Å². The summed E-state index contributed by atoms with van der Waals surface area (Å²) in [5.41, 5.74) is 0.390. The SMILES string of the molecule is CC(=O)OC[C@H](OC(C)=O)[C@H](OC(C)=O)[C@@H](OC(C)=O)[C@@H]1C=C(C(=O)c2ccccc2)N2c3c(Cl)nn4nnnc4c3C(C)(C)N12. The van der Waals surface area contributed by atoms with Gasteiger partial charge in [0.15, 0.2) is 23.5 Å². The van der Waals surface area contributed by atoms with Gasteiger partial charge in [-0.05, 0) is 30.4 Å². The van der Waals surface area contributed by atoms with Gasteiger partial charge in [-0.3, -0.25) is 29.0 Å². The van der Waals surface area contributed by atoms with E-state index in [4.69, 9.17) is 30.5 Å². The molecule has 242 valence electrons. The molecule has 2 aliphatic rings. The molecule has 0 amide bonds. The van der Waals surface area contributed by atoms with Gasteiger partial charge in [0.1, 0.15) is 18.0 Å². The molecule has 0 radical (unpaired) electrons. The van der Waals surface area contributed by atoms with Crippen molar-refractivity contribution >= 4 is 52.6 Å². The van der Waals surface area contributed by atoms with Crippen molar-refractivity contribution in [2.24, 2.45) is 0 Å². The second kappa shape index (κ2) is 12.4. The molecule has 17 heteroatoms. The van der Waals surface area contributed by atoms with Crippen LogP contribution in [0.15, 0.2) is 42.1 Å². The molecule has 2 aromatic heterocycles. The van der Waals surface area contributed by atoms with Crippen molar-refractivity contribution in [1.29, 1.82) is 0 Å². The molecule has 5 rings (SSSR count). The molecular weight excluding hydrogens is 626 g/mol. The Bertz CT molecular complexity index is 1760. The van der Waals surface area contributed by atoms with Gasteiger partial charge in [-0.15, -0.1) is 14.8 Å². The number of ketones is 1. The quantitative estimate of drug-likeness (QED) is 0.175. The number of esters is 4. The van der Waals surface area contributed by atoms with Crippen molar-refractivity contribution < 1.29 is 42.9 Å². The minimum atomic E-state index is -1.53. The van der Waals surface area contributed by atoms with Crippen molar-refractivity contribution in [3.63, 3.8) is 0 Å². The van der Waals surface area contributed by atoms with Crippen LogP contribution in [0.3, 0.4) is 0 Å². The average Bonchev–Trinajstić information content (AvgIpc) is 3.66. The van der Waals surface area contributed by atoms with Crippen LogP contribution in [0, 0.1) is 0 Å². The lowest BCUT2D eigenvalue weighted by atomic mass is 9.91. The third-order valence-electron chi connectivity index (χ3n) is 7.41. The Morgan fingerprint density at radius 1 is 0.935 bits per heavy atom. The second-order valence-electron chi connectivity index (χ2n) is 11.1. The van der Waals surface area contributed by atoms with E-state index in [9.17, 15) is 24.0 Å². The molecule has 16 nitrogen and oxygen atoms in total. The molecule has 0 saturated heterocycles. The van der Waals surface area contributed by atoms with Gasteiger partial charge >= 0.3 is 23.9 Å². The van der Waals surface area contributed by atoms with Crippen molar-refractivity contribution in [1.82, 2.24) is 30.3 Å². The number of aromatic nitrogens is 5. The van der Waals surface area contributed by atoms with Crippen LogP contribution in [0.1, 0.15) is 57.5 Å². The smallest absolute Gasteiger partial charge is 0.303 e. The molecule has 0 N–H and O–H groups in total. The Hall–Kier alpha value is -4.96. The van der Waals surface area contributed by atoms with E-state index in [0.29, 0.717) is 16.8 Å². The lowest BCUT2D eigenvalue weighted by Crippen LogP contribution is -2.59. The summed E-state index contributed by atoms with van der Waals surface area (Å²) in [6, 6.07) is 7.36. The van der Waals surface area contributed by atoms with Crippen LogP contribution < -0.4 is 5.01 Å². The van der Waals surface area contributed by atoms with E-state index in [1.807, 2.05) is 13.8 Å². The number of halogens is 1. The topological polar surface area (TPSA) is 185 Å². The number of Topliss-reactive ketones (excluding diaryl/α,β-unsaturated/α-hetero) is 1. The second-order valence-corrected chi connectivity index (χ2v) is 11.4. The van der Waals surface area contributed by atoms with E-state index in [2.05, 4.69) is 20.6 Å². The van der Waals surface area contributed by atoms with Crippen LogP contribution in [-0.4, -0.2) is 90.9 Å². The van der Waals surface area contributed by atoms with Gasteiger partial charge in [0.05, 0.1) is 17.1 Å². The number of fused-ring (bicyclic) bond motifs is 5. The summed E-state index contributed by atoms with van der Waals surface area (Å²) in [7, 11) is 0. The van der Waals surface area contributed by atoms with Crippen molar-refractivity contribution in [2.75, 3.05) is 11.6 Å². The third-order valence-corrected chi connectivity index (χ3v) is 7.67. The summed E-state index contributed by atoms with van der Waals surface area (Å²) >= 11 is 6.74. The van der Waals surface area contributed by atoms with Crippen LogP contribution in [-0.2, 0) is 43.7 Å². The number of ether oxygens (including phenoxy) is 4. The number of benzene rings is 1. The molecule has 0 fully saturated rings. The number of carbonyl (C=O) groups is 5. The van der Waals surface area contributed by atoms with Gasteiger partial charge in [0.25, 0.3) is 0 Å². The lowest BCUT2D eigenvalue weighted by Gasteiger charge is -2.42. The number of rotatable bonds is 10. The third kappa shape index (κ3) is 5.88. The molecule has 4 atom stereocenters. The highest BCUT2D eigenvalue weighted by molar-refractivity contribution is 6.32. The van der Waals surface area contributed by atoms with Gasteiger partial charge in [-0.2, -0.15) is 5.01 Å². The van der Waals surface area contributed by atoms with E-state index in [1.54, 1.807) is 46.4 Å². The maximum atomic E-state index is 14.2. The normalized spacial score (nSPS) is 18.5. The molecule has 0 spiro atoms. The molecule has 0 saturated carbocycles. The maximum Gasteiger partial charge on any atom is 0.303 e. The van der Waals surface area contributed by atoms with Gasteiger partial charge < -0.3 is 18.9 Å². The predicted octanol–water partition coefficient (Wildman–Crippen LogP) is 1.95. The fourth-order valence-electron chi connectivity index (χ4n) is 5.83. The zero-order chi connectivity index (χ0) is 33.5. The first-order valence-electron chi connectivity index (χ1n) is 14.1. The Labute approximate surface area is 267 Å². The van der Waals surface area contributed by atoms with Crippen LogP contribution in [0.2, 0.25) is 5.15 Å². The zero-order valence-corrected chi connectivity index (χ0v) is 26.4. The summed E-state index contributed by atoms with van der Waals surface area (Å²) < 4.78 is 23.3. The lowest BCUT2D eigenvalue weighted by molar-refractivity contribution is -0.194. The van der Waals surface area contributed by atoms with E-state index in [1.165, 1.54) is 0 Å². The average molecular weight is 656 g/mol. The van der Waals surface area contributed by atoms with Crippen molar-refractivity contribution in [3.8, 4) is 0 Å². The summed E-state index contributed by atoms with van der Waals surface area (Å²) in [6.07, 6.45) is -2.85. The Balaban J connectivity index is 1.74. The maximum absolute atomic E-state index is 14.2. The molecule has 46 heavy (non-hydrogen) atoms. The fraction of sp³-hybridized carbons (Fsp3) is 0.414. The first kappa shape index (κ1) is 32.4. The van der Waals surface area contributed by atoms with Gasteiger partial charge in [0, 0.05) is 33.3 Å². The van der Waals surface area contributed by atoms with Crippen LogP contribution in [0.4, 0.5) is 5.69 Å². The molecule has 3 aromatic rings. The first-order valence-corrected chi connectivity index (χ1v) is 14.4. The number of anilines is 1. The molecule has 4 heterocycles. The van der Waals surface area contributed by atoms with Gasteiger partial charge in [-0.25, -0.2) is 0 Å². The number of hydrazine groups is 1. The highest BCUT2D eigenvalue weighted by Crippen LogP contribution is 2.54. The number of tetrazole rings is 1. The molecule has 0 bridgehead atoms. The summed E-state index contributed by atoms with van der Waals surface area (Å²) in [6.45, 7) is 7.61. The number of hydrogen-bond acceptors (Lipinski definition) is 15. The summed E-state index contributed by atoms with van der Waals surface area (Å²) in [4.78, 5) is 63.3. The Morgan fingerprint density at radius 3 is 2.20 bits per heavy atom. The van der Waals surface area contributed by atoms with Crippen LogP contribution in [0.5, 0.6) is 0 Å². The molecule has 0 aliphatic carbocycles. The fourth-order valence-corrected chi connectivity index (χ4v) is 6.08. The highest BCUT2D eigenvalue weighted by Gasteiger charge is 2.59. The minimum Gasteiger partial charge on any atom is -0.462 e. The number of hydrogen-bond donors (Lipinski definition) is 0. The first-order chi connectivity index (χ1) is 21.7. The highest BCUT2D eigenvalue weighted by atomic mass is 35.5. The minimum absolute atomic E-state index is 0.0361. The van der Waals surface area contributed by atoms with E-state index < -0.39 is 66.2 Å². The van der Waals surface area contributed by atoms with Gasteiger partial charge in [0.2, 0.25) is 11.4 Å². The standard InChI is InChI=1S/C29H30ClN7O9/c1-14(38)43-13-21(44-15(2)39)26(46-17(4)41)25(45-16(3)40)20-12-19(24(42)18-10-8-7-9-11-18)35-23-22(29(5,6)36(20)35)28-31-33-34-37(28)32-27(23)30/h7-12,20-21,25-26H,13H2,1-6H3/t20-,21-,25-,26-/m0/s1. The predicted molar refractivity (Wildman–Crippen MR) is 157 cm³/mol. The number of nitrogens with zero attached hydrogens (tertiary/aromatic N) is 7. The van der Waals surface area contributed by atoms with Crippen molar-refractivity contribution in [3.05, 3.63) is 58.4 Å². The molecule has 1 aromatic carbocycles.